The second-order valence-electron chi connectivity index (χ2n) is 5.36. The first-order valence-corrected chi connectivity index (χ1v) is 7.99. The number of carbonyl (C=O) groups excluding carboxylic acids is 1. The Bertz CT molecular complexity index is 504. The van der Waals surface area contributed by atoms with E-state index in [1.807, 2.05) is 13.0 Å². The van der Waals surface area contributed by atoms with Gasteiger partial charge in [0.15, 0.2) is 0 Å². The highest BCUT2D eigenvalue weighted by atomic mass is 35.5. The van der Waals surface area contributed by atoms with Crippen molar-refractivity contribution < 1.29 is 14.3 Å². The van der Waals surface area contributed by atoms with Gasteiger partial charge in [-0.15, -0.1) is 0 Å². The van der Waals surface area contributed by atoms with E-state index >= 15 is 0 Å². The van der Waals surface area contributed by atoms with Gasteiger partial charge in [0, 0.05) is 30.0 Å². The quantitative estimate of drug-likeness (QED) is 0.840. The van der Waals surface area contributed by atoms with E-state index in [-0.39, 0.29) is 18.2 Å². The summed E-state index contributed by atoms with van der Waals surface area (Å²) in [6.07, 6.45) is 2.98. The van der Waals surface area contributed by atoms with Crippen LogP contribution in [0.3, 0.4) is 0 Å². The number of ether oxygens (including phenoxy) is 2. The maximum absolute atomic E-state index is 12.2. The van der Waals surface area contributed by atoms with Crippen LogP contribution in [0.25, 0.3) is 0 Å². The van der Waals surface area contributed by atoms with E-state index in [9.17, 15) is 4.79 Å². The average Bonchev–Trinajstić information content (AvgIpc) is 3.02. The van der Waals surface area contributed by atoms with Crippen molar-refractivity contribution in [2.24, 2.45) is 0 Å². The van der Waals surface area contributed by atoms with Crippen molar-refractivity contribution in [3.8, 4) is 0 Å². The molecule has 2 atom stereocenters. The molecule has 0 aliphatic carbocycles. The first-order valence-electron chi connectivity index (χ1n) is 7.61. The molecule has 6 heteroatoms. The number of hydrogen-bond donors (Lipinski definition) is 2. The summed E-state index contributed by atoms with van der Waals surface area (Å²) in [6, 6.07) is 5.16. The molecule has 0 saturated carbocycles. The molecule has 0 bridgehead atoms. The third-order valence-electron chi connectivity index (χ3n) is 3.83. The molecule has 1 heterocycles. The SMILES string of the molecule is CC[C@H](NC(=O)Nc1cccc(Cl)c1COC)[C@@H]1CCCO1. The van der Waals surface area contributed by atoms with Gasteiger partial charge in [0.05, 0.1) is 18.8 Å². The largest absolute Gasteiger partial charge is 0.380 e. The third-order valence-corrected chi connectivity index (χ3v) is 4.18. The van der Waals surface area contributed by atoms with E-state index < -0.39 is 0 Å². The van der Waals surface area contributed by atoms with E-state index in [1.165, 1.54) is 0 Å². The minimum absolute atomic E-state index is 0.0209. The van der Waals surface area contributed by atoms with Gasteiger partial charge in [-0.1, -0.05) is 24.6 Å². The first kappa shape index (κ1) is 17.1. The predicted octanol–water partition coefficient (Wildman–Crippen LogP) is 3.57. The average molecular weight is 327 g/mol. The number of amides is 2. The maximum atomic E-state index is 12.2. The van der Waals surface area contributed by atoms with Crippen LogP contribution in [0.1, 0.15) is 31.7 Å². The van der Waals surface area contributed by atoms with Gasteiger partial charge < -0.3 is 20.1 Å². The Kier molecular flexibility index (Phi) is 6.49. The highest BCUT2D eigenvalue weighted by Gasteiger charge is 2.26. The molecule has 2 rings (SSSR count). The van der Waals surface area contributed by atoms with Crippen LogP contribution in [0.4, 0.5) is 10.5 Å². The van der Waals surface area contributed by atoms with Gasteiger partial charge in [0.2, 0.25) is 0 Å². The molecule has 2 amide bonds. The Hall–Kier alpha value is -1.30. The fourth-order valence-corrected chi connectivity index (χ4v) is 2.90. The smallest absolute Gasteiger partial charge is 0.319 e. The standard InChI is InChI=1S/C16H23ClN2O3/c1-3-13(15-8-5-9-22-15)18-16(20)19-14-7-4-6-12(17)11(14)10-21-2/h4,6-7,13,15H,3,5,8-10H2,1-2H3,(H2,18,19,20)/t13-,15-/m0/s1. The summed E-state index contributed by atoms with van der Waals surface area (Å²) in [5.74, 6) is 0. The van der Waals surface area contributed by atoms with E-state index in [4.69, 9.17) is 21.1 Å². The molecule has 5 nitrogen and oxygen atoms in total. The second kappa shape index (κ2) is 8.36. The first-order chi connectivity index (χ1) is 10.7. The fraction of sp³-hybridized carbons (Fsp3) is 0.562. The maximum Gasteiger partial charge on any atom is 0.319 e. The molecule has 1 saturated heterocycles. The summed E-state index contributed by atoms with van der Waals surface area (Å²) >= 11 is 6.16. The van der Waals surface area contributed by atoms with Crippen LogP contribution in [0, 0.1) is 0 Å². The highest BCUT2D eigenvalue weighted by molar-refractivity contribution is 6.31. The Morgan fingerprint density at radius 2 is 2.36 bits per heavy atom. The van der Waals surface area contributed by atoms with Crippen LogP contribution in [0.2, 0.25) is 5.02 Å². The zero-order valence-corrected chi connectivity index (χ0v) is 13.8. The molecule has 1 aliphatic rings. The van der Waals surface area contributed by atoms with E-state index in [0.29, 0.717) is 17.3 Å². The van der Waals surface area contributed by atoms with Crippen molar-refractivity contribution in [3.63, 3.8) is 0 Å². The number of nitrogens with one attached hydrogen (secondary N) is 2. The van der Waals surface area contributed by atoms with Crippen molar-refractivity contribution in [3.05, 3.63) is 28.8 Å². The Morgan fingerprint density at radius 1 is 1.55 bits per heavy atom. The van der Waals surface area contributed by atoms with Gasteiger partial charge in [-0.3, -0.25) is 0 Å². The summed E-state index contributed by atoms with van der Waals surface area (Å²) in [4.78, 5) is 12.2. The lowest BCUT2D eigenvalue weighted by atomic mass is 10.1. The Balaban J connectivity index is 2.00. The highest BCUT2D eigenvalue weighted by Crippen LogP contribution is 2.25. The summed E-state index contributed by atoms with van der Waals surface area (Å²) in [7, 11) is 1.59. The topological polar surface area (TPSA) is 59.6 Å². The molecular formula is C16H23ClN2O3. The molecule has 1 aromatic rings. The van der Waals surface area contributed by atoms with E-state index in [1.54, 1.807) is 19.2 Å². The minimum atomic E-state index is -0.248. The van der Waals surface area contributed by atoms with Crippen molar-refractivity contribution in [2.75, 3.05) is 19.0 Å². The number of urea groups is 1. The normalized spacial score (nSPS) is 19.0. The molecule has 0 unspecified atom stereocenters. The molecule has 0 radical (unpaired) electrons. The number of halogens is 1. The molecule has 2 N–H and O–H groups in total. The van der Waals surface area contributed by atoms with Crippen LogP contribution in [0.15, 0.2) is 18.2 Å². The fourth-order valence-electron chi connectivity index (χ4n) is 2.67. The second-order valence-corrected chi connectivity index (χ2v) is 5.77. The summed E-state index contributed by atoms with van der Waals surface area (Å²) in [5, 5.41) is 6.42. The van der Waals surface area contributed by atoms with Crippen molar-refractivity contribution in [1.29, 1.82) is 0 Å². The van der Waals surface area contributed by atoms with Crippen LogP contribution >= 0.6 is 11.6 Å². The zero-order valence-electron chi connectivity index (χ0n) is 13.0. The van der Waals surface area contributed by atoms with Crippen molar-refractivity contribution in [1.82, 2.24) is 5.32 Å². The molecule has 1 aliphatic heterocycles. The minimum Gasteiger partial charge on any atom is -0.380 e. The van der Waals surface area contributed by atoms with Crippen LogP contribution in [-0.4, -0.2) is 31.9 Å². The molecule has 122 valence electrons. The molecule has 1 aromatic carbocycles. The number of methoxy groups -OCH3 is 1. The molecular weight excluding hydrogens is 304 g/mol. The van der Waals surface area contributed by atoms with Gasteiger partial charge in [0.25, 0.3) is 0 Å². The van der Waals surface area contributed by atoms with Crippen LogP contribution in [-0.2, 0) is 16.1 Å². The van der Waals surface area contributed by atoms with Gasteiger partial charge in [-0.05, 0) is 31.4 Å². The number of anilines is 1. The van der Waals surface area contributed by atoms with Gasteiger partial charge >= 0.3 is 6.03 Å². The number of hydrogen-bond acceptors (Lipinski definition) is 3. The molecule has 1 fully saturated rings. The van der Waals surface area contributed by atoms with E-state index in [2.05, 4.69) is 10.6 Å². The lowest BCUT2D eigenvalue weighted by Crippen LogP contribution is -2.44. The Labute approximate surface area is 136 Å². The lowest BCUT2D eigenvalue weighted by Gasteiger charge is -2.23. The lowest BCUT2D eigenvalue weighted by molar-refractivity contribution is 0.0804. The molecule has 0 aromatic heterocycles. The van der Waals surface area contributed by atoms with Crippen molar-refractivity contribution in [2.45, 2.75) is 44.9 Å². The molecule has 0 spiro atoms. The van der Waals surface area contributed by atoms with Crippen LogP contribution < -0.4 is 10.6 Å². The zero-order chi connectivity index (χ0) is 15.9. The molecule has 22 heavy (non-hydrogen) atoms. The number of benzene rings is 1. The predicted molar refractivity (Wildman–Crippen MR) is 87.4 cm³/mol. The van der Waals surface area contributed by atoms with Gasteiger partial charge in [-0.25, -0.2) is 4.79 Å². The van der Waals surface area contributed by atoms with Crippen LogP contribution in [0.5, 0.6) is 0 Å². The summed E-state index contributed by atoms with van der Waals surface area (Å²) in [5.41, 5.74) is 1.43. The Morgan fingerprint density at radius 3 is 3.00 bits per heavy atom. The summed E-state index contributed by atoms with van der Waals surface area (Å²) in [6.45, 7) is 3.16. The monoisotopic (exact) mass is 326 g/mol. The summed E-state index contributed by atoms with van der Waals surface area (Å²) < 4.78 is 10.8. The van der Waals surface area contributed by atoms with Crippen molar-refractivity contribution >= 4 is 23.3 Å². The number of rotatable bonds is 6. The van der Waals surface area contributed by atoms with Gasteiger partial charge in [0.1, 0.15) is 0 Å². The number of carbonyl (C=O) groups is 1. The third kappa shape index (κ3) is 4.35. The van der Waals surface area contributed by atoms with Gasteiger partial charge in [-0.2, -0.15) is 0 Å². The van der Waals surface area contributed by atoms with E-state index in [0.717, 1.165) is 31.4 Å².